The van der Waals surface area contributed by atoms with Crippen LogP contribution in [0.2, 0.25) is 0 Å². The van der Waals surface area contributed by atoms with Gasteiger partial charge >= 0.3 is 0 Å². The Morgan fingerprint density at radius 3 is 2.36 bits per heavy atom. The van der Waals surface area contributed by atoms with E-state index in [2.05, 4.69) is 51.4 Å². The van der Waals surface area contributed by atoms with Gasteiger partial charge in [0, 0.05) is 37.3 Å². The zero-order chi connectivity index (χ0) is 22.8. The van der Waals surface area contributed by atoms with E-state index in [9.17, 15) is 4.79 Å². The highest BCUT2D eigenvalue weighted by Crippen LogP contribution is 2.29. The third-order valence-electron chi connectivity index (χ3n) is 6.02. The van der Waals surface area contributed by atoms with Crippen molar-refractivity contribution in [3.8, 4) is 5.69 Å². The van der Waals surface area contributed by atoms with Crippen LogP contribution in [0.4, 0.5) is 5.69 Å². The van der Waals surface area contributed by atoms with Gasteiger partial charge in [0.05, 0.1) is 23.3 Å². The number of amides is 1. The van der Waals surface area contributed by atoms with Gasteiger partial charge in [-0.15, -0.1) is 5.10 Å². The van der Waals surface area contributed by atoms with Crippen molar-refractivity contribution in [2.24, 2.45) is 0 Å². The molecule has 3 heterocycles. The number of rotatable bonds is 5. The molecule has 2 aromatic carbocycles. The number of benzene rings is 2. The average Bonchev–Trinajstić information content (AvgIpc) is 3.31. The van der Waals surface area contributed by atoms with Crippen molar-refractivity contribution >= 4 is 34.3 Å². The smallest absolute Gasteiger partial charge is 0.233 e. The molecule has 0 atom stereocenters. The molecule has 0 unspecified atom stereocenters. The number of hydrogen-bond acceptors (Lipinski definition) is 6. The molecule has 2 aromatic heterocycles. The number of piperazine rings is 1. The Morgan fingerprint density at radius 2 is 1.64 bits per heavy atom. The Balaban J connectivity index is 1.30. The van der Waals surface area contributed by atoms with Crippen molar-refractivity contribution in [3.05, 3.63) is 72.1 Å². The SMILES string of the molecule is Cc1ccc(-n2ncc3c(C)nnc(SCC(=O)N4CCN(c5ccccc5)CC4)c32)cc1. The van der Waals surface area contributed by atoms with E-state index in [0.717, 1.165) is 53.5 Å². The highest BCUT2D eigenvalue weighted by atomic mass is 32.2. The van der Waals surface area contributed by atoms with Crippen LogP contribution in [0.3, 0.4) is 0 Å². The van der Waals surface area contributed by atoms with Gasteiger partial charge in [0.15, 0.2) is 0 Å². The van der Waals surface area contributed by atoms with E-state index in [0.29, 0.717) is 5.75 Å². The number of para-hydroxylation sites is 1. The summed E-state index contributed by atoms with van der Waals surface area (Å²) in [6.45, 7) is 7.13. The van der Waals surface area contributed by atoms with E-state index in [1.54, 1.807) is 0 Å². The molecular formula is C25H26N6OS. The maximum atomic E-state index is 13.0. The second-order valence-corrected chi connectivity index (χ2v) is 9.20. The number of carbonyl (C=O) groups excluding carboxylic acids is 1. The van der Waals surface area contributed by atoms with E-state index in [-0.39, 0.29) is 5.91 Å². The zero-order valence-corrected chi connectivity index (χ0v) is 19.6. The monoisotopic (exact) mass is 458 g/mol. The lowest BCUT2D eigenvalue weighted by Crippen LogP contribution is -2.49. The Kier molecular flexibility index (Phi) is 6.00. The van der Waals surface area contributed by atoms with Crippen molar-refractivity contribution < 1.29 is 4.79 Å². The van der Waals surface area contributed by atoms with E-state index in [1.807, 2.05) is 53.0 Å². The van der Waals surface area contributed by atoms with Crippen LogP contribution in [0.1, 0.15) is 11.3 Å². The van der Waals surface area contributed by atoms with E-state index >= 15 is 0 Å². The first kappa shape index (κ1) is 21.5. The molecule has 1 saturated heterocycles. The lowest BCUT2D eigenvalue weighted by Gasteiger charge is -2.36. The fourth-order valence-corrected chi connectivity index (χ4v) is 4.97. The number of aromatic nitrogens is 4. The second-order valence-electron chi connectivity index (χ2n) is 8.24. The Morgan fingerprint density at radius 1 is 0.909 bits per heavy atom. The molecule has 33 heavy (non-hydrogen) atoms. The molecule has 0 N–H and O–H groups in total. The third kappa shape index (κ3) is 4.43. The normalized spacial score (nSPS) is 14.1. The molecule has 1 amide bonds. The number of aryl methyl sites for hydroxylation is 2. The van der Waals surface area contributed by atoms with Crippen LogP contribution in [0, 0.1) is 13.8 Å². The van der Waals surface area contributed by atoms with Gasteiger partial charge in [0.1, 0.15) is 10.5 Å². The largest absolute Gasteiger partial charge is 0.368 e. The summed E-state index contributed by atoms with van der Waals surface area (Å²) in [6, 6.07) is 18.6. The molecule has 8 heteroatoms. The second kappa shape index (κ2) is 9.23. The Bertz CT molecular complexity index is 1260. The fraction of sp³-hybridized carbons (Fsp3) is 0.280. The molecule has 0 spiro atoms. The maximum absolute atomic E-state index is 13.0. The number of anilines is 1. The Hall–Kier alpha value is -3.39. The first-order valence-corrected chi connectivity index (χ1v) is 12.1. The summed E-state index contributed by atoms with van der Waals surface area (Å²) in [5.74, 6) is 0.460. The average molecular weight is 459 g/mol. The lowest BCUT2D eigenvalue weighted by molar-refractivity contribution is -0.128. The van der Waals surface area contributed by atoms with Gasteiger partial charge in [-0.05, 0) is 38.1 Å². The van der Waals surface area contributed by atoms with Crippen LogP contribution in [0.5, 0.6) is 0 Å². The minimum atomic E-state index is 0.129. The van der Waals surface area contributed by atoms with E-state index in [1.165, 1.54) is 23.0 Å². The quantitative estimate of drug-likeness (QED) is 0.423. The molecule has 0 bridgehead atoms. The number of carbonyl (C=O) groups is 1. The first-order chi connectivity index (χ1) is 16.1. The molecule has 5 rings (SSSR count). The van der Waals surface area contributed by atoms with E-state index < -0.39 is 0 Å². The van der Waals surface area contributed by atoms with Gasteiger partial charge in [-0.1, -0.05) is 47.7 Å². The maximum Gasteiger partial charge on any atom is 0.233 e. The summed E-state index contributed by atoms with van der Waals surface area (Å²) < 4.78 is 1.89. The van der Waals surface area contributed by atoms with Gasteiger partial charge in [0.2, 0.25) is 5.91 Å². The highest BCUT2D eigenvalue weighted by Gasteiger charge is 2.22. The van der Waals surface area contributed by atoms with Crippen molar-refractivity contribution in [2.75, 3.05) is 36.8 Å². The van der Waals surface area contributed by atoms with Gasteiger partial charge in [0.25, 0.3) is 0 Å². The lowest BCUT2D eigenvalue weighted by atomic mass is 10.2. The fourth-order valence-electron chi connectivity index (χ4n) is 4.09. The van der Waals surface area contributed by atoms with Crippen LogP contribution in [0.15, 0.2) is 65.8 Å². The molecular weight excluding hydrogens is 432 g/mol. The summed E-state index contributed by atoms with van der Waals surface area (Å²) in [5.41, 5.74) is 5.10. The summed E-state index contributed by atoms with van der Waals surface area (Å²) in [4.78, 5) is 17.2. The zero-order valence-electron chi connectivity index (χ0n) is 18.8. The first-order valence-electron chi connectivity index (χ1n) is 11.1. The highest BCUT2D eigenvalue weighted by molar-refractivity contribution is 8.00. The van der Waals surface area contributed by atoms with Crippen molar-refractivity contribution in [3.63, 3.8) is 0 Å². The molecule has 1 fully saturated rings. The van der Waals surface area contributed by atoms with Crippen molar-refractivity contribution in [1.29, 1.82) is 0 Å². The molecule has 4 aromatic rings. The minimum Gasteiger partial charge on any atom is -0.368 e. The summed E-state index contributed by atoms with van der Waals surface area (Å²) in [7, 11) is 0. The predicted molar refractivity (Wildman–Crippen MR) is 132 cm³/mol. The van der Waals surface area contributed by atoms with Crippen LogP contribution in [-0.4, -0.2) is 62.7 Å². The predicted octanol–water partition coefficient (Wildman–Crippen LogP) is 3.87. The number of hydrogen-bond donors (Lipinski definition) is 0. The summed E-state index contributed by atoms with van der Waals surface area (Å²) in [5, 5.41) is 15.0. The van der Waals surface area contributed by atoms with Crippen LogP contribution >= 0.6 is 11.8 Å². The summed E-state index contributed by atoms with van der Waals surface area (Å²) in [6.07, 6.45) is 1.83. The van der Waals surface area contributed by atoms with Crippen LogP contribution in [-0.2, 0) is 4.79 Å². The molecule has 0 aliphatic carbocycles. The molecule has 0 saturated carbocycles. The molecule has 1 aliphatic heterocycles. The van der Waals surface area contributed by atoms with Gasteiger partial charge in [-0.25, -0.2) is 4.68 Å². The number of nitrogens with zero attached hydrogens (tertiary/aromatic N) is 6. The van der Waals surface area contributed by atoms with Crippen LogP contribution in [0.25, 0.3) is 16.6 Å². The molecule has 1 aliphatic rings. The van der Waals surface area contributed by atoms with Gasteiger partial charge in [-0.3, -0.25) is 4.79 Å². The Labute approximate surface area is 197 Å². The van der Waals surface area contributed by atoms with Crippen molar-refractivity contribution in [2.45, 2.75) is 18.9 Å². The molecule has 7 nitrogen and oxygen atoms in total. The van der Waals surface area contributed by atoms with Crippen LogP contribution < -0.4 is 4.90 Å². The van der Waals surface area contributed by atoms with Gasteiger partial charge in [-0.2, -0.15) is 10.2 Å². The minimum absolute atomic E-state index is 0.129. The standard InChI is InChI=1S/C25H26N6OS/c1-18-8-10-21(11-9-18)31-24-22(16-26-31)19(2)27-28-25(24)33-17-23(32)30-14-12-29(13-15-30)20-6-4-3-5-7-20/h3-11,16H,12-15,17H2,1-2H3. The topological polar surface area (TPSA) is 67.2 Å². The molecule has 0 radical (unpaired) electrons. The third-order valence-corrected chi connectivity index (χ3v) is 6.96. The summed E-state index contributed by atoms with van der Waals surface area (Å²) >= 11 is 1.43. The number of thioether (sulfide) groups is 1. The van der Waals surface area contributed by atoms with Crippen molar-refractivity contribution in [1.82, 2.24) is 24.9 Å². The molecule has 168 valence electrons. The van der Waals surface area contributed by atoms with E-state index in [4.69, 9.17) is 0 Å². The van der Waals surface area contributed by atoms with Gasteiger partial charge < -0.3 is 9.80 Å². The number of fused-ring (bicyclic) bond motifs is 1.